The van der Waals surface area contributed by atoms with Crippen LogP contribution in [0.4, 0.5) is 4.39 Å². The number of rotatable bonds is 3. The first-order valence-corrected chi connectivity index (χ1v) is 11.3. The number of benzene rings is 1. The minimum absolute atomic E-state index is 0.0399. The molecular formula is C24H33FN2O2. The SMILES string of the molecule is CC1CCCN(C(=O)C2CCN(C(=O)C3(c4cccc(F)c4)CCCC3)CC2)C1. The third-order valence-electron chi connectivity index (χ3n) is 7.34. The normalized spacial score (nSPS) is 25.2. The zero-order chi connectivity index (χ0) is 20.4. The van der Waals surface area contributed by atoms with E-state index in [-0.39, 0.29) is 23.5 Å². The molecule has 0 N–H and O–H groups in total. The molecule has 1 atom stereocenters. The van der Waals surface area contributed by atoms with E-state index in [1.165, 1.54) is 18.6 Å². The van der Waals surface area contributed by atoms with Gasteiger partial charge in [-0.05, 0) is 62.1 Å². The predicted molar refractivity (Wildman–Crippen MR) is 111 cm³/mol. The molecule has 158 valence electrons. The molecule has 2 amide bonds. The number of nitrogens with zero attached hydrogens (tertiary/aromatic N) is 2. The molecule has 1 aromatic carbocycles. The van der Waals surface area contributed by atoms with Crippen LogP contribution in [0.2, 0.25) is 0 Å². The van der Waals surface area contributed by atoms with Gasteiger partial charge in [0.25, 0.3) is 0 Å². The molecule has 3 fully saturated rings. The molecule has 3 aliphatic rings. The Labute approximate surface area is 173 Å². The number of amides is 2. The van der Waals surface area contributed by atoms with Gasteiger partial charge in [-0.25, -0.2) is 4.39 Å². The summed E-state index contributed by atoms with van der Waals surface area (Å²) in [5.41, 5.74) is 0.238. The number of likely N-dealkylation sites (tertiary alicyclic amines) is 2. The standard InChI is InChI=1S/C24H33FN2O2/c1-18-6-5-13-27(17-18)22(28)19-9-14-26(15-10-19)23(29)24(11-2-3-12-24)20-7-4-8-21(25)16-20/h4,7-8,16,18-19H,2-3,5-6,9-15,17H2,1H3. The van der Waals surface area contributed by atoms with Crippen molar-refractivity contribution in [2.24, 2.45) is 11.8 Å². The summed E-state index contributed by atoms with van der Waals surface area (Å²) in [6.07, 6.45) is 7.39. The van der Waals surface area contributed by atoms with E-state index in [0.29, 0.717) is 19.0 Å². The summed E-state index contributed by atoms with van der Waals surface area (Å²) in [5.74, 6) is 0.769. The highest BCUT2D eigenvalue weighted by Crippen LogP contribution is 2.43. The summed E-state index contributed by atoms with van der Waals surface area (Å²) in [6, 6.07) is 6.59. The van der Waals surface area contributed by atoms with Crippen LogP contribution in [-0.4, -0.2) is 47.8 Å². The third-order valence-corrected chi connectivity index (χ3v) is 7.34. The zero-order valence-corrected chi connectivity index (χ0v) is 17.5. The van der Waals surface area contributed by atoms with Gasteiger partial charge in [-0.15, -0.1) is 0 Å². The van der Waals surface area contributed by atoms with Crippen molar-refractivity contribution in [3.05, 3.63) is 35.6 Å². The van der Waals surface area contributed by atoms with Gasteiger partial charge in [-0.3, -0.25) is 9.59 Å². The van der Waals surface area contributed by atoms with Crippen LogP contribution in [0.15, 0.2) is 24.3 Å². The third kappa shape index (κ3) is 4.06. The van der Waals surface area contributed by atoms with E-state index >= 15 is 0 Å². The van der Waals surface area contributed by atoms with Gasteiger partial charge in [-0.2, -0.15) is 0 Å². The number of hydrogen-bond donors (Lipinski definition) is 0. The highest BCUT2D eigenvalue weighted by Gasteiger charge is 2.46. The summed E-state index contributed by atoms with van der Waals surface area (Å²) in [5, 5.41) is 0. The Kier molecular flexibility index (Phi) is 5.93. The van der Waals surface area contributed by atoms with E-state index in [2.05, 4.69) is 6.92 Å². The maximum Gasteiger partial charge on any atom is 0.233 e. The lowest BCUT2D eigenvalue weighted by molar-refractivity contribution is -0.144. The highest BCUT2D eigenvalue weighted by molar-refractivity contribution is 5.89. The molecule has 5 heteroatoms. The number of hydrogen-bond acceptors (Lipinski definition) is 2. The van der Waals surface area contributed by atoms with Crippen LogP contribution < -0.4 is 0 Å². The van der Waals surface area contributed by atoms with Crippen molar-refractivity contribution in [2.75, 3.05) is 26.2 Å². The quantitative estimate of drug-likeness (QED) is 0.765. The number of carbonyl (C=O) groups is 2. The number of halogens is 1. The van der Waals surface area contributed by atoms with Crippen molar-refractivity contribution >= 4 is 11.8 Å². The van der Waals surface area contributed by atoms with Crippen LogP contribution in [-0.2, 0) is 15.0 Å². The molecular weight excluding hydrogens is 367 g/mol. The lowest BCUT2D eigenvalue weighted by Crippen LogP contribution is -2.51. The summed E-state index contributed by atoms with van der Waals surface area (Å²) >= 11 is 0. The van der Waals surface area contributed by atoms with Gasteiger partial charge in [0.05, 0.1) is 5.41 Å². The molecule has 2 aliphatic heterocycles. The molecule has 2 saturated heterocycles. The monoisotopic (exact) mass is 400 g/mol. The van der Waals surface area contributed by atoms with Crippen molar-refractivity contribution in [2.45, 2.75) is 63.7 Å². The molecule has 29 heavy (non-hydrogen) atoms. The second-order valence-corrected chi connectivity index (χ2v) is 9.40. The molecule has 0 spiro atoms. The van der Waals surface area contributed by atoms with Crippen LogP contribution in [0.1, 0.15) is 63.9 Å². The Morgan fingerprint density at radius 1 is 1.00 bits per heavy atom. The highest BCUT2D eigenvalue weighted by atomic mass is 19.1. The maximum absolute atomic E-state index is 13.9. The number of carbonyl (C=O) groups excluding carboxylic acids is 2. The van der Waals surface area contributed by atoms with Gasteiger partial charge in [0, 0.05) is 32.1 Å². The molecule has 1 saturated carbocycles. The van der Waals surface area contributed by atoms with Crippen LogP contribution in [0.5, 0.6) is 0 Å². The van der Waals surface area contributed by atoms with E-state index in [9.17, 15) is 14.0 Å². The first-order chi connectivity index (χ1) is 14.0. The molecule has 0 aromatic heterocycles. The minimum atomic E-state index is -0.582. The molecule has 1 aliphatic carbocycles. The Morgan fingerprint density at radius 2 is 1.72 bits per heavy atom. The van der Waals surface area contributed by atoms with Gasteiger partial charge < -0.3 is 9.80 Å². The fourth-order valence-corrected chi connectivity index (χ4v) is 5.67. The smallest absolute Gasteiger partial charge is 0.233 e. The topological polar surface area (TPSA) is 40.6 Å². The summed E-state index contributed by atoms with van der Waals surface area (Å²) in [4.78, 5) is 30.5. The first kappa shape index (κ1) is 20.4. The Bertz CT molecular complexity index is 751. The second-order valence-electron chi connectivity index (χ2n) is 9.40. The van der Waals surface area contributed by atoms with E-state index in [1.807, 2.05) is 15.9 Å². The van der Waals surface area contributed by atoms with Gasteiger partial charge in [0.15, 0.2) is 0 Å². The number of piperidine rings is 2. The Morgan fingerprint density at radius 3 is 2.38 bits per heavy atom. The van der Waals surface area contributed by atoms with Crippen LogP contribution in [0, 0.1) is 17.7 Å². The van der Waals surface area contributed by atoms with Gasteiger partial charge >= 0.3 is 0 Å². The van der Waals surface area contributed by atoms with E-state index in [4.69, 9.17) is 0 Å². The molecule has 1 unspecified atom stereocenters. The predicted octanol–water partition coefficient (Wildman–Crippen LogP) is 4.13. The van der Waals surface area contributed by atoms with Crippen molar-refractivity contribution in [1.29, 1.82) is 0 Å². The van der Waals surface area contributed by atoms with Gasteiger partial charge in [0.1, 0.15) is 5.82 Å². The fourth-order valence-electron chi connectivity index (χ4n) is 5.67. The zero-order valence-electron chi connectivity index (χ0n) is 17.5. The first-order valence-electron chi connectivity index (χ1n) is 11.3. The summed E-state index contributed by atoms with van der Waals surface area (Å²) in [7, 11) is 0. The van der Waals surface area contributed by atoms with Crippen LogP contribution >= 0.6 is 0 Å². The van der Waals surface area contributed by atoms with E-state index < -0.39 is 5.41 Å². The average Bonchev–Trinajstić information content (AvgIpc) is 3.24. The molecule has 4 rings (SSSR count). The summed E-state index contributed by atoms with van der Waals surface area (Å²) < 4.78 is 13.9. The minimum Gasteiger partial charge on any atom is -0.342 e. The molecule has 4 nitrogen and oxygen atoms in total. The largest absolute Gasteiger partial charge is 0.342 e. The molecule has 0 radical (unpaired) electrons. The Hall–Kier alpha value is -1.91. The van der Waals surface area contributed by atoms with Gasteiger partial charge in [0.2, 0.25) is 11.8 Å². The lowest BCUT2D eigenvalue weighted by atomic mass is 9.77. The fraction of sp³-hybridized carbons (Fsp3) is 0.667. The van der Waals surface area contributed by atoms with E-state index in [1.54, 1.807) is 6.07 Å². The van der Waals surface area contributed by atoms with Crippen molar-refractivity contribution < 1.29 is 14.0 Å². The summed E-state index contributed by atoms with van der Waals surface area (Å²) in [6.45, 7) is 5.24. The van der Waals surface area contributed by atoms with Crippen molar-refractivity contribution in [3.63, 3.8) is 0 Å². The lowest BCUT2D eigenvalue weighted by Gasteiger charge is -2.40. The molecule has 1 aromatic rings. The molecule has 2 heterocycles. The van der Waals surface area contributed by atoms with Crippen molar-refractivity contribution in [3.8, 4) is 0 Å². The van der Waals surface area contributed by atoms with Crippen LogP contribution in [0.3, 0.4) is 0 Å². The second kappa shape index (κ2) is 8.45. The van der Waals surface area contributed by atoms with Gasteiger partial charge in [-0.1, -0.05) is 31.9 Å². The van der Waals surface area contributed by atoms with Crippen LogP contribution in [0.25, 0.3) is 0 Å². The Balaban J connectivity index is 1.42. The average molecular weight is 401 g/mol. The van der Waals surface area contributed by atoms with Crippen molar-refractivity contribution in [1.82, 2.24) is 9.80 Å². The van der Waals surface area contributed by atoms with E-state index in [0.717, 1.165) is 63.6 Å². The molecule has 0 bridgehead atoms. The maximum atomic E-state index is 13.9.